The van der Waals surface area contributed by atoms with Gasteiger partial charge in [0, 0.05) is 18.7 Å². The monoisotopic (exact) mass is 408 g/mol. The second-order valence-electron chi connectivity index (χ2n) is 8.09. The Labute approximate surface area is 174 Å². The zero-order valence-corrected chi connectivity index (χ0v) is 17.3. The minimum atomic E-state index is -0.568. The van der Waals surface area contributed by atoms with E-state index in [1.54, 1.807) is 35.0 Å². The average molecular weight is 408 g/mol. The third kappa shape index (κ3) is 3.91. The lowest BCUT2D eigenvalue weighted by Gasteiger charge is -2.28. The van der Waals surface area contributed by atoms with Gasteiger partial charge in [0.15, 0.2) is 11.9 Å². The molecule has 0 amide bonds. The number of carbonyl (C=O) groups excluding carboxylic acids is 2. The Kier molecular flexibility index (Phi) is 5.26. The highest BCUT2D eigenvalue weighted by molar-refractivity contribution is 5.92. The molecule has 0 atom stereocenters. The lowest BCUT2D eigenvalue weighted by Crippen LogP contribution is -2.36. The number of aromatic nitrogens is 3. The number of hydrogen-bond acceptors (Lipinski definition) is 7. The molecule has 0 radical (unpaired) electrons. The van der Waals surface area contributed by atoms with Crippen molar-refractivity contribution in [3.05, 3.63) is 47.8 Å². The molecule has 0 spiro atoms. The van der Waals surface area contributed by atoms with Crippen LogP contribution < -0.4 is 4.90 Å². The van der Waals surface area contributed by atoms with Gasteiger partial charge in [-0.3, -0.25) is 4.79 Å². The minimum Gasteiger partial charge on any atom is -0.456 e. The van der Waals surface area contributed by atoms with E-state index in [2.05, 4.69) is 15.0 Å². The van der Waals surface area contributed by atoms with E-state index in [4.69, 9.17) is 9.47 Å². The molecule has 1 fully saturated rings. The largest absolute Gasteiger partial charge is 0.456 e. The summed E-state index contributed by atoms with van der Waals surface area (Å²) in [5.74, 6) is -0.393. The molecular weight excluding hydrogens is 384 g/mol. The van der Waals surface area contributed by atoms with E-state index in [1.165, 1.54) is 0 Å². The SMILES string of the molecule is CC(C)(C)OC(=O)c1ccc(-c2c(C=O)nc3c(N4CCOCC4)ccnn23)cc1. The number of benzene rings is 1. The predicted octanol–water partition coefficient (Wildman–Crippen LogP) is 3.00. The van der Waals surface area contributed by atoms with Crippen molar-refractivity contribution in [3.63, 3.8) is 0 Å². The summed E-state index contributed by atoms with van der Waals surface area (Å²) < 4.78 is 12.5. The van der Waals surface area contributed by atoms with Gasteiger partial charge in [-0.2, -0.15) is 5.10 Å². The average Bonchev–Trinajstić information content (AvgIpc) is 3.12. The van der Waals surface area contributed by atoms with Gasteiger partial charge in [-0.25, -0.2) is 14.3 Å². The number of morpholine rings is 1. The number of fused-ring (bicyclic) bond motifs is 1. The summed E-state index contributed by atoms with van der Waals surface area (Å²) in [6.45, 7) is 8.28. The molecular formula is C22H24N4O4. The van der Waals surface area contributed by atoms with Crippen molar-refractivity contribution in [1.82, 2.24) is 14.6 Å². The second kappa shape index (κ2) is 7.87. The first-order chi connectivity index (χ1) is 14.4. The van der Waals surface area contributed by atoms with Crippen LogP contribution in [0.2, 0.25) is 0 Å². The molecule has 1 aliphatic rings. The van der Waals surface area contributed by atoms with E-state index in [0.29, 0.717) is 35.8 Å². The van der Waals surface area contributed by atoms with Crippen LogP contribution in [0.1, 0.15) is 41.6 Å². The Bertz CT molecular complexity index is 1080. The molecule has 4 rings (SSSR count). The van der Waals surface area contributed by atoms with Gasteiger partial charge in [0.2, 0.25) is 0 Å². The van der Waals surface area contributed by atoms with Crippen LogP contribution in [0.5, 0.6) is 0 Å². The number of nitrogens with zero attached hydrogens (tertiary/aromatic N) is 4. The maximum absolute atomic E-state index is 12.3. The first-order valence-electron chi connectivity index (χ1n) is 9.87. The Hall–Kier alpha value is -3.26. The van der Waals surface area contributed by atoms with Crippen LogP contribution >= 0.6 is 0 Å². The fourth-order valence-corrected chi connectivity index (χ4v) is 3.46. The number of ether oxygens (including phenoxy) is 2. The van der Waals surface area contributed by atoms with Gasteiger partial charge in [-0.05, 0) is 39.0 Å². The Morgan fingerprint density at radius 1 is 1.13 bits per heavy atom. The number of anilines is 1. The van der Waals surface area contributed by atoms with E-state index in [-0.39, 0.29) is 0 Å². The van der Waals surface area contributed by atoms with Crippen molar-refractivity contribution in [2.24, 2.45) is 0 Å². The quantitative estimate of drug-likeness (QED) is 0.484. The van der Waals surface area contributed by atoms with E-state index in [9.17, 15) is 9.59 Å². The number of carbonyl (C=O) groups is 2. The number of hydrogen-bond donors (Lipinski definition) is 0. The third-order valence-electron chi connectivity index (χ3n) is 4.78. The summed E-state index contributed by atoms with van der Waals surface area (Å²) >= 11 is 0. The first-order valence-corrected chi connectivity index (χ1v) is 9.87. The molecule has 0 saturated carbocycles. The number of esters is 1. The number of aldehydes is 1. The smallest absolute Gasteiger partial charge is 0.338 e. The minimum absolute atomic E-state index is 0.299. The lowest BCUT2D eigenvalue weighted by atomic mass is 10.1. The molecule has 3 aromatic rings. The Morgan fingerprint density at radius 3 is 2.47 bits per heavy atom. The van der Waals surface area contributed by atoms with Crippen LogP contribution in [0.15, 0.2) is 36.5 Å². The summed E-state index contributed by atoms with van der Waals surface area (Å²) in [5, 5.41) is 4.43. The molecule has 1 saturated heterocycles. The van der Waals surface area contributed by atoms with Crippen LogP contribution in [0, 0.1) is 0 Å². The van der Waals surface area contributed by atoms with Gasteiger partial charge in [0.05, 0.1) is 30.7 Å². The van der Waals surface area contributed by atoms with Crippen LogP contribution in [-0.2, 0) is 9.47 Å². The molecule has 8 heteroatoms. The van der Waals surface area contributed by atoms with Gasteiger partial charge >= 0.3 is 5.97 Å². The molecule has 3 heterocycles. The van der Waals surface area contributed by atoms with Crippen LogP contribution in [0.25, 0.3) is 16.9 Å². The van der Waals surface area contributed by atoms with Gasteiger partial charge in [0.1, 0.15) is 17.0 Å². The van der Waals surface area contributed by atoms with Crippen molar-refractivity contribution in [2.75, 3.05) is 31.2 Å². The molecule has 30 heavy (non-hydrogen) atoms. The van der Waals surface area contributed by atoms with Gasteiger partial charge in [-0.1, -0.05) is 12.1 Å². The van der Waals surface area contributed by atoms with Crippen molar-refractivity contribution < 1.29 is 19.1 Å². The highest BCUT2D eigenvalue weighted by atomic mass is 16.6. The summed E-state index contributed by atoms with van der Waals surface area (Å²) in [5.41, 5.74) is 3.03. The molecule has 1 aliphatic heterocycles. The lowest BCUT2D eigenvalue weighted by molar-refractivity contribution is 0.00694. The van der Waals surface area contributed by atoms with Gasteiger partial charge in [-0.15, -0.1) is 0 Å². The maximum atomic E-state index is 12.3. The summed E-state index contributed by atoms with van der Waals surface area (Å²) in [4.78, 5) is 30.8. The van der Waals surface area contributed by atoms with Crippen molar-refractivity contribution in [3.8, 4) is 11.3 Å². The van der Waals surface area contributed by atoms with Crippen LogP contribution in [0.3, 0.4) is 0 Å². The third-order valence-corrected chi connectivity index (χ3v) is 4.78. The topological polar surface area (TPSA) is 86.0 Å². The highest BCUT2D eigenvalue weighted by Gasteiger charge is 2.22. The highest BCUT2D eigenvalue weighted by Crippen LogP contribution is 2.29. The molecule has 0 unspecified atom stereocenters. The van der Waals surface area contributed by atoms with E-state index < -0.39 is 11.6 Å². The van der Waals surface area contributed by atoms with Crippen LogP contribution in [-0.4, -0.2) is 58.8 Å². The molecule has 0 aliphatic carbocycles. The number of imidazole rings is 1. The summed E-state index contributed by atoms with van der Waals surface area (Å²) in [6.07, 6.45) is 2.43. The van der Waals surface area contributed by atoms with Crippen molar-refractivity contribution in [2.45, 2.75) is 26.4 Å². The number of rotatable bonds is 4. The molecule has 0 N–H and O–H groups in total. The fourth-order valence-electron chi connectivity index (χ4n) is 3.46. The van der Waals surface area contributed by atoms with Gasteiger partial charge in [0.25, 0.3) is 0 Å². The summed E-state index contributed by atoms with van der Waals surface area (Å²) in [6, 6.07) is 8.82. The Balaban J connectivity index is 1.73. The molecule has 156 valence electrons. The van der Waals surface area contributed by atoms with Crippen molar-refractivity contribution >= 4 is 23.6 Å². The molecule has 8 nitrogen and oxygen atoms in total. The zero-order valence-electron chi connectivity index (χ0n) is 17.3. The predicted molar refractivity (Wildman–Crippen MR) is 112 cm³/mol. The van der Waals surface area contributed by atoms with Crippen molar-refractivity contribution in [1.29, 1.82) is 0 Å². The first kappa shape index (κ1) is 20.0. The zero-order chi connectivity index (χ0) is 21.3. The standard InChI is InChI=1S/C22H24N4O4/c1-22(2,3)30-21(28)16-6-4-15(5-7-16)19-17(14-27)24-20-18(8-9-23-26(19)20)25-10-12-29-13-11-25/h4-9,14H,10-13H2,1-3H3. The van der Waals surface area contributed by atoms with Gasteiger partial charge < -0.3 is 14.4 Å². The van der Waals surface area contributed by atoms with E-state index >= 15 is 0 Å². The molecule has 0 bridgehead atoms. The van der Waals surface area contributed by atoms with E-state index in [1.807, 2.05) is 26.8 Å². The molecule has 1 aromatic carbocycles. The fraction of sp³-hybridized carbons (Fsp3) is 0.364. The molecule has 2 aromatic heterocycles. The maximum Gasteiger partial charge on any atom is 0.338 e. The van der Waals surface area contributed by atoms with E-state index in [0.717, 1.165) is 30.6 Å². The second-order valence-corrected chi connectivity index (χ2v) is 8.09. The van der Waals surface area contributed by atoms with Crippen LogP contribution in [0.4, 0.5) is 5.69 Å². The Morgan fingerprint density at radius 2 is 1.83 bits per heavy atom. The summed E-state index contributed by atoms with van der Waals surface area (Å²) in [7, 11) is 0. The normalized spacial score (nSPS) is 14.7.